The van der Waals surface area contributed by atoms with Gasteiger partial charge < -0.3 is 17.2 Å². The van der Waals surface area contributed by atoms with Crippen LogP contribution in [0.1, 0.15) is 20.3 Å². The Balaban J connectivity index is 0. The number of hydrogen-bond acceptors (Lipinski definition) is 3. The van der Waals surface area contributed by atoms with Crippen molar-refractivity contribution in [3.05, 3.63) is 0 Å². The summed E-state index contributed by atoms with van der Waals surface area (Å²) >= 11 is 0. The zero-order chi connectivity index (χ0) is 8.57. The highest BCUT2D eigenvalue weighted by Crippen LogP contribution is 1.80. The molecule has 0 aromatic carbocycles. The second kappa shape index (κ2) is 8.39. The van der Waals surface area contributed by atoms with Crippen molar-refractivity contribution in [1.82, 2.24) is 0 Å². The first-order chi connectivity index (χ1) is 4.66. The summed E-state index contributed by atoms with van der Waals surface area (Å²) in [4.78, 5) is 10.1. The average molecular weight is 147 g/mol. The van der Waals surface area contributed by atoms with E-state index in [4.69, 9.17) is 17.2 Å². The Morgan fingerprint density at radius 3 is 2.00 bits per heavy atom. The maximum Gasteiger partial charge on any atom is 0.219 e. The Morgan fingerprint density at radius 2 is 1.90 bits per heavy atom. The molecule has 0 saturated heterocycles. The molecule has 0 unspecified atom stereocenters. The molecular formula is C6H17N3O. The molecule has 10 heavy (non-hydrogen) atoms. The van der Waals surface area contributed by atoms with E-state index in [9.17, 15) is 4.79 Å². The van der Waals surface area contributed by atoms with Crippen LogP contribution in [0.15, 0.2) is 0 Å². The minimum Gasteiger partial charge on any atom is -0.370 e. The Bertz CT molecular complexity index is 85.1. The highest BCUT2D eigenvalue weighted by atomic mass is 16.1. The van der Waals surface area contributed by atoms with Crippen molar-refractivity contribution in [3.8, 4) is 0 Å². The molecule has 0 aromatic heterocycles. The maximum absolute atomic E-state index is 10.1. The van der Waals surface area contributed by atoms with Crippen LogP contribution in [0.25, 0.3) is 0 Å². The van der Waals surface area contributed by atoms with Gasteiger partial charge in [0.2, 0.25) is 5.91 Å². The summed E-state index contributed by atoms with van der Waals surface area (Å²) in [6, 6.07) is -0.271. The predicted octanol–water partition coefficient (Wildman–Crippen LogP) is -0.826. The first-order valence-electron chi connectivity index (χ1n) is 3.40. The molecule has 0 bridgehead atoms. The van der Waals surface area contributed by atoms with E-state index in [1.165, 1.54) is 0 Å². The fourth-order valence-electron chi connectivity index (χ4n) is 0.342. The topological polar surface area (TPSA) is 95.1 Å². The van der Waals surface area contributed by atoms with E-state index in [-0.39, 0.29) is 12.5 Å². The Labute approximate surface area is 61.8 Å². The Kier molecular flexibility index (Phi) is 10.2. The van der Waals surface area contributed by atoms with Gasteiger partial charge in [-0.25, -0.2) is 0 Å². The Morgan fingerprint density at radius 1 is 1.50 bits per heavy atom. The van der Waals surface area contributed by atoms with Gasteiger partial charge in [-0.1, -0.05) is 13.8 Å². The number of amides is 1. The molecular weight excluding hydrogens is 130 g/mol. The van der Waals surface area contributed by atoms with Crippen molar-refractivity contribution in [3.63, 3.8) is 0 Å². The molecule has 0 aromatic rings. The fourth-order valence-corrected chi connectivity index (χ4v) is 0.342. The van der Waals surface area contributed by atoms with Crippen LogP contribution in [-0.2, 0) is 4.79 Å². The van der Waals surface area contributed by atoms with Gasteiger partial charge in [-0.15, -0.1) is 0 Å². The van der Waals surface area contributed by atoms with Crippen molar-refractivity contribution in [1.29, 1.82) is 0 Å². The fraction of sp³-hybridized carbons (Fsp3) is 0.833. The second-order valence-electron chi connectivity index (χ2n) is 1.67. The minimum absolute atomic E-state index is 0.177. The first-order valence-corrected chi connectivity index (χ1v) is 3.40. The molecule has 0 saturated carbocycles. The lowest BCUT2D eigenvalue weighted by atomic mass is 10.2. The molecule has 0 aliphatic heterocycles. The smallest absolute Gasteiger partial charge is 0.219 e. The number of carbonyl (C=O) groups excluding carboxylic acids is 1. The van der Waals surface area contributed by atoms with Crippen LogP contribution >= 0.6 is 0 Å². The van der Waals surface area contributed by atoms with Crippen molar-refractivity contribution in [2.24, 2.45) is 17.2 Å². The van der Waals surface area contributed by atoms with E-state index >= 15 is 0 Å². The van der Waals surface area contributed by atoms with Gasteiger partial charge in [0.25, 0.3) is 0 Å². The molecule has 0 heterocycles. The van der Waals surface area contributed by atoms with Crippen LogP contribution in [0.5, 0.6) is 0 Å². The third kappa shape index (κ3) is 10.4. The van der Waals surface area contributed by atoms with Crippen LogP contribution in [0, 0.1) is 0 Å². The van der Waals surface area contributed by atoms with E-state index in [0.29, 0.717) is 6.54 Å². The number of rotatable bonds is 3. The van der Waals surface area contributed by atoms with Gasteiger partial charge in [0.1, 0.15) is 0 Å². The van der Waals surface area contributed by atoms with Crippen LogP contribution in [-0.4, -0.2) is 18.5 Å². The van der Waals surface area contributed by atoms with Gasteiger partial charge in [0.05, 0.1) is 0 Å². The van der Waals surface area contributed by atoms with E-state index < -0.39 is 5.91 Å². The number of nitrogens with two attached hydrogens (primary N) is 3. The summed E-state index contributed by atoms with van der Waals surface area (Å²) in [6.07, 6.45) is 0.177. The number of primary amides is 1. The van der Waals surface area contributed by atoms with Crippen molar-refractivity contribution in [2.75, 3.05) is 6.54 Å². The van der Waals surface area contributed by atoms with Gasteiger partial charge in [-0.3, -0.25) is 4.79 Å². The van der Waals surface area contributed by atoms with Crippen molar-refractivity contribution >= 4 is 5.91 Å². The van der Waals surface area contributed by atoms with Gasteiger partial charge >= 0.3 is 0 Å². The van der Waals surface area contributed by atoms with Gasteiger partial charge in [0.15, 0.2) is 0 Å². The standard InChI is InChI=1S/C4H11N3O.C2H6/c5-2-3(6)1-4(7)8;1-2/h3H,1-2,5-6H2,(H2,7,8);1-2H3/t3-;/m0./s1. The van der Waals surface area contributed by atoms with Gasteiger partial charge in [-0.2, -0.15) is 0 Å². The summed E-state index contributed by atoms with van der Waals surface area (Å²) < 4.78 is 0. The summed E-state index contributed by atoms with van der Waals surface area (Å²) in [5.41, 5.74) is 15.1. The van der Waals surface area contributed by atoms with E-state index in [2.05, 4.69) is 0 Å². The zero-order valence-corrected chi connectivity index (χ0v) is 6.63. The molecule has 0 fully saturated rings. The summed E-state index contributed by atoms with van der Waals surface area (Å²) in [7, 11) is 0. The summed E-state index contributed by atoms with van der Waals surface area (Å²) in [5, 5.41) is 0. The SMILES string of the molecule is CC.NC[C@@H](N)CC(N)=O. The normalized spacial score (nSPS) is 11.2. The van der Waals surface area contributed by atoms with Crippen molar-refractivity contribution in [2.45, 2.75) is 26.3 Å². The maximum atomic E-state index is 10.1. The molecule has 4 nitrogen and oxygen atoms in total. The largest absolute Gasteiger partial charge is 0.370 e. The van der Waals surface area contributed by atoms with Crippen LogP contribution in [0.3, 0.4) is 0 Å². The third-order valence-corrected chi connectivity index (χ3v) is 0.766. The minimum atomic E-state index is -0.400. The zero-order valence-electron chi connectivity index (χ0n) is 6.63. The monoisotopic (exact) mass is 147 g/mol. The predicted molar refractivity (Wildman–Crippen MR) is 42.2 cm³/mol. The Hall–Kier alpha value is -0.610. The van der Waals surface area contributed by atoms with E-state index in [1.54, 1.807) is 0 Å². The molecule has 0 aliphatic rings. The number of hydrogen-bond donors (Lipinski definition) is 3. The molecule has 1 atom stereocenters. The lowest BCUT2D eigenvalue weighted by Crippen LogP contribution is -2.34. The summed E-state index contributed by atoms with van der Waals surface area (Å²) in [6.45, 7) is 4.31. The average Bonchev–Trinajstić information content (AvgIpc) is 1.91. The molecule has 0 aliphatic carbocycles. The molecule has 6 N–H and O–H groups in total. The molecule has 0 spiro atoms. The van der Waals surface area contributed by atoms with Crippen LogP contribution < -0.4 is 17.2 Å². The highest BCUT2D eigenvalue weighted by molar-refractivity contribution is 5.74. The summed E-state index contributed by atoms with van der Waals surface area (Å²) in [5.74, 6) is -0.400. The van der Waals surface area contributed by atoms with Crippen LogP contribution in [0.2, 0.25) is 0 Å². The lowest BCUT2D eigenvalue weighted by molar-refractivity contribution is -0.118. The van der Waals surface area contributed by atoms with E-state index in [0.717, 1.165) is 0 Å². The van der Waals surface area contributed by atoms with Crippen LogP contribution in [0.4, 0.5) is 0 Å². The van der Waals surface area contributed by atoms with E-state index in [1.807, 2.05) is 13.8 Å². The highest BCUT2D eigenvalue weighted by Gasteiger charge is 2.01. The van der Waals surface area contributed by atoms with Gasteiger partial charge in [0, 0.05) is 19.0 Å². The molecule has 1 amide bonds. The van der Waals surface area contributed by atoms with Crippen molar-refractivity contribution < 1.29 is 4.79 Å². The van der Waals surface area contributed by atoms with Gasteiger partial charge in [-0.05, 0) is 0 Å². The third-order valence-electron chi connectivity index (χ3n) is 0.766. The first kappa shape index (κ1) is 12.1. The molecule has 4 heteroatoms. The lowest BCUT2D eigenvalue weighted by Gasteiger charge is -2.02. The number of carbonyl (C=O) groups is 1. The second-order valence-corrected chi connectivity index (χ2v) is 1.67. The molecule has 62 valence electrons. The molecule has 0 radical (unpaired) electrons. The molecule has 0 rings (SSSR count). The quantitative estimate of drug-likeness (QED) is 0.486.